The molecular formula is C18H22ClN5O4. The standard InChI is InChI=1S/C18H22ClN5O4/c1-3-11-15(19)23-16(21-11)17(25)22-12-6-7-24(9-13(12)28-2)14-5-4-10(8-20-14)18(26)27/h4-5,8,12-13H,3,6-7,9H2,1-2H3,(H,21,23)(H,22,25)(H,26,27)/t12?,13-/m0/s1. The molecule has 0 saturated carbocycles. The van der Waals surface area contributed by atoms with Gasteiger partial charge < -0.3 is 25.0 Å². The highest BCUT2D eigenvalue weighted by molar-refractivity contribution is 6.30. The molecule has 9 nitrogen and oxygen atoms in total. The Hall–Kier alpha value is -2.65. The zero-order valence-electron chi connectivity index (χ0n) is 15.6. The van der Waals surface area contributed by atoms with Gasteiger partial charge in [-0.15, -0.1) is 0 Å². The SMILES string of the molecule is CCc1[nH]c(C(=O)NC2CCN(c3ccc(C(=O)O)cn3)C[C@@H]2OC)nc1Cl. The van der Waals surface area contributed by atoms with Crippen LogP contribution >= 0.6 is 11.6 Å². The van der Waals surface area contributed by atoms with Gasteiger partial charge >= 0.3 is 5.97 Å². The number of carboxylic acid groups (broad SMARTS) is 1. The van der Waals surface area contributed by atoms with Gasteiger partial charge in [0.25, 0.3) is 5.91 Å². The fraction of sp³-hybridized carbons (Fsp3) is 0.444. The minimum absolute atomic E-state index is 0.137. The Kier molecular flexibility index (Phi) is 6.15. The van der Waals surface area contributed by atoms with E-state index in [4.69, 9.17) is 21.4 Å². The summed E-state index contributed by atoms with van der Waals surface area (Å²) in [7, 11) is 1.59. The van der Waals surface area contributed by atoms with Crippen LogP contribution < -0.4 is 10.2 Å². The number of H-pyrrole nitrogens is 1. The van der Waals surface area contributed by atoms with Crippen LogP contribution in [-0.2, 0) is 11.2 Å². The molecule has 2 aromatic heterocycles. The summed E-state index contributed by atoms with van der Waals surface area (Å²) in [6, 6.07) is 3.00. The number of nitrogens with zero attached hydrogens (tertiary/aromatic N) is 3. The van der Waals surface area contributed by atoms with Gasteiger partial charge in [0.05, 0.1) is 23.4 Å². The third kappa shape index (κ3) is 4.26. The largest absolute Gasteiger partial charge is 0.478 e. The van der Waals surface area contributed by atoms with Crippen molar-refractivity contribution in [2.45, 2.75) is 31.9 Å². The van der Waals surface area contributed by atoms with Crippen LogP contribution in [0.4, 0.5) is 5.82 Å². The van der Waals surface area contributed by atoms with Crippen LogP contribution in [0.3, 0.4) is 0 Å². The molecule has 150 valence electrons. The third-order valence-electron chi connectivity index (χ3n) is 4.79. The molecule has 3 rings (SSSR count). The first-order chi connectivity index (χ1) is 13.4. The van der Waals surface area contributed by atoms with E-state index in [9.17, 15) is 9.59 Å². The summed E-state index contributed by atoms with van der Waals surface area (Å²) in [6.07, 6.45) is 2.38. The number of methoxy groups -OCH3 is 1. The third-order valence-corrected chi connectivity index (χ3v) is 5.11. The fourth-order valence-corrected chi connectivity index (χ4v) is 3.46. The van der Waals surface area contributed by atoms with E-state index in [-0.39, 0.29) is 29.4 Å². The van der Waals surface area contributed by atoms with Gasteiger partial charge in [0.1, 0.15) is 5.82 Å². The van der Waals surface area contributed by atoms with Crippen molar-refractivity contribution in [1.29, 1.82) is 0 Å². The lowest BCUT2D eigenvalue weighted by Crippen LogP contribution is -2.55. The number of imidazole rings is 1. The summed E-state index contributed by atoms with van der Waals surface area (Å²) in [5, 5.41) is 12.2. The predicted molar refractivity (Wildman–Crippen MR) is 103 cm³/mol. The Bertz CT molecular complexity index is 854. The second-order valence-electron chi connectivity index (χ2n) is 6.51. The van der Waals surface area contributed by atoms with Gasteiger partial charge in [-0.25, -0.2) is 14.8 Å². The van der Waals surface area contributed by atoms with E-state index in [0.717, 1.165) is 5.69 Å². The number of aryl methyl sites for hydroxylation is 1. The van der Waals surface area contributed by atoms with Crippen LogP contribution in [0.1, 0.15) is 40.0 Å². The molecule has 1 fully saturated rings. The van der Waals surface area contributed by atoms with Gasteiger partial charge in [0.2, 0.25) is 0 Å². The van der Waals surface area contributed by atoms with Crippen molar-refractivity contribution in [2.24, 2.45) is 0 Å². The number of nitrogens with one attached hydrogen (secondary N) is 2. The van der Waals surface area contributed by atoms with E-state index in [1.807, 2.05) is 11.8 Å². The first kappa shape index (κ1) is 20.1. The van der Waals surface area contributed by atoms with Crippen molar-refractivity contribution in [1.82, 2.24) is 20.3 Å². The van der Waals surface area contributed by atoms with Crippen LogP contribution in [0.2, 0.25) is 5.15 Å². The maximum absolute atomic E-state index is 12.5. The normalized spacial score (nSPS) is 19.5. The van der Waals surface area contributed by atoms with Gasteiger partial charge in [-0.1, -0.05) is 18.5 Å². The number of piperidine rings is 1. The number of aromatic nitrogens is 3. The lowest BCUT2D eigenvalue weighted by molar-refractivity contribution is 0.0537. The van der Waals surface area contributed by atoms with E-state index in [0.29, 0.717) is 36.9 Å². The van der Waals surface area contributed by atoms with E-state index in [1.54, 1.807) is 13.2 Å². The molecule has 28 heavy (non-hydrogen) atoms. The maximum atomic E-state index is 12.5. The summed E-state index contributed by atoms with van der Waals surface area (Å²) >= 11 is 6.01. The second-order valence-corrected chi connectivity index (χ2v) is 6.87. The van der Waals surface area contributed by atoms with Gasteiger partial charge in [0, 0.05) is 26.4 Å². The number of rotatable bonds is 6. The zero-order valence-corrected chi connectivity index (χ0v) is 16.4. The molecule has 0 spiro atoms. The Morgan fingerprint density at radius 1 is 1.46 bits per heavy atom. The van der Waals surface area contributed by atoms with E-state index >= 15 is 0 Å². The molecule has 1 unspecified atom stereocenters. The van der Waals surface area contributed by atoms with Crippen molar-refractivity contribution in [3.63, 3.8) is 0 Å². The molecule has 0 radical (unpaired) electrons. The van der Waals surface area contributed by atoms with Crippen molar-refractivity contribution >= 4 is 29.3 Å². The van der Waals surface area contributed by atoms with Gasteiger partial charge in [-0.05, 0) is 25.0 Å². The minimum Gasteiger partial charge on any atom is -0.478 e. The molecule has 0 aromatic carbocycles. The van der Waals surface area contributed by atoms with Gasteiger partial charge in [-0.3, -0.25) is 4.79 Å². The number of hydrogen-bond donors (Lipinski definition) is 3. The first-order valence-corrected chi connectivity index (χ1v) is 9.33. The molecule has 2 atom stereocenters. The second kappa shape index (κ2) is 8.57. The first-order valence-electron chi connectivity index (χ1n) is 8.95. The number of ether oxygens (including phenoxy) is 1. The van der Waals surface area contributed by atoms with Gasteiger partial charge in [-0.2, -0.15) is 0 Å². The van der Waals surface area contributed by atoms with E-state index in [1.165, 1.54) is 12.3 Å². The number of pyridine rings is 1. The molecular weight excluding hydrogens is 386 g/mol. The minimum atomic E-state index is -1.01. The number of aromatic carboxylic acids is 1. The molecule has 2 aromatic rings. The molecule has 0 aliphatic carbocycles. The summed E-state index contributed by atoms with van der Waals surface area (Å²) < 4.78 is 5.57. The fourth-order valence-electron chi connectivity index (χ4n) is 3.19. The van der Waals surface area contributed by atoms with Crippen LogP contribution in [-0.4, -0.2) is 64.3 Å². The molecule has 1 aliphatic heterocycles. The molecule has 0 bridgehead atoms. The topological polar surface area (TPSA) is 120 Å². The lowest BCUT2D eigenvalue weighted by atomic mass is 10.0. The maximum Gasteiger partial charge on any atom is 0.337 e. The molecule has 1 saturated heterocycles. The highest BCUT2D eigenvalue weighted by Crippen LogP contribution is 2.21. The zero-order chi connectivity index (χ0) is 20.3. The van der Waals surface area contributed by atoms with E-state index < -0.39 is 5.97 Å². The van der Waals surface area contributed by atoms with Crippen LogP contribution in [0.15, 0.2) is 18.3 Å². The highest BCUT2D eigenvalue weighted by Gasteiger charge is 2.32. The lowest BCUT2D eigenvalue weighted by Gasteiger charge is -2.38. The number of amides is 1. The van der Waals surface area contributed by atoms with Gasteiger partial charge in [0.15, 0.2) is 11.0 Å². The molecule has 1 aliphatic rings. The summed E-state index contributed by atoms with van der Waals surface area (Å²) in [5.74, 6) is -0.488. The predicted octanol–water partition coefficient (Wildman–Crippen LogP) is 1.74. The molecule has 1 amide bonds. The van der Waals surface area contributed by atoms with Crippen molar-refractivity contribution in [3.8, 4) is 0 Å². The summed E-state index contributed by atoms with van der Waals surface area (Å²) in [6.45, 7) is 3.08. The average molecular weight is 408 g/mol. The Balaban J connectivity index is 1.65. The Labute approximate surface area is 167 Å². The van der Waals surface area contributed by atoms with Crippen molar-refractivity contribution < 1.29 is 19.4 Å². The number of anilines is 1. The summed E-state index contributed by atoms with van der Waals surface area (Å²) in [5.41, 5.74) is 0.860. The number of carbonyl (C=O) groups excluding carboxylic acids is 1. The number of halogens is 1. The molecule has 3 N–H and O–H groups in total. The number of hydrogen-bond acceptors (Lipinski definition) is 6. The van der Waals surface area contributed by atoms with Crippen LogP contribution in [0.5, 0.6) is 0 Å². The monoisotopic (exact) mass is 407 g/mol. The number of carbonyl (C=O) groups is 2. The van der Waals surface area contributed by atoms with Crippen LogP contribution in [0, 0.1) is 0 Å². The Morgan fingerprint density at radius 2 is 2.25 bits per heavy atom. The molecule has 10 heteroatoms. The quantitative estimate of drug-likeness (QED) is 0.666. The molecule has 3 heterocycles. The highest BCUT2D eigenvalue weighted by atomic mass is 35.5. The van der Waals surface area contributed by atoms with E-state index in [2.05, 4.69) is 20.3 Å². The van der Waals surface area contributed by atoms with Crippen LogP contribution in [0.25, 0.3) is 0 Å². The Morgan fingerprint density at radius 3 is 2.82 bits per heavy atom. The number of carboxylic acids is 1. The average Bonchev–Trinajstić information content (AvgIpc) is 3.09. The van der Waals surface area contributed by atoms with Crippen molar-refractivity contribution in [3.05, 3.63) is 40.6 Å². The van der Waals surface area contributed by atoms with Crippen molar-refractivity contribution in [2.75, 3.05) is 25.1 Å². The number of aromatic amines is 1. The smallest absolute Gasteiger partial charge is 0.337 e. The summed E-state index contributed by atoms with van der Waals surface area (Å²) in [4.78, 5) is 36.7.